The van der Waals surface area contributed by atoms with Gasteiger partial charge in [0.05, 0.1) is 5.60 Å². The molecule has 0 unspecified atom stereocenters. The van der Waals surface area contributed by atoms with E-state index in [0.717, 1.165) is 6.42 Å². The van der Waals surface area contributed by atoms with E-state index in [1.165, 1.54) is 16.4 Å². The van der Waals surface area contributed by atoms with Crippen molar-refractivity contribution in [3.63, 3.8) is 0 Å². The first-order chi connectivity index (χ1) is 11.5. The molecule has 0 radical (unpaired) electrons. The molecule has 0 atom stereocenters. The molecule has 3 heteroatoms. The third-order valence-corrected chi connectivity index (χ3v) is 20.4. The third kappa shape index (κ3) is 2.57. The topological polar surface area (TPSA) is 9.23 Å². The summed E-state index contributed by atoms with van der Waals surface area (Å²) >= 11 is 0. The van der Waals surface area contributed by atoms with Crippen molar-refractivity contribution < 1.29 is 4.43 Å². The van der Waals surface area contributed by atoms with E-state index in [-0.39, 0.29) is 5.60 Å². The highest BCUT2D eigenvalue weighted by Crippen LogP contribution is 2.39. The van der Waals surface area contributed by atoms with Crippen LogP contribution in [0.3, 0.4) is 0 Å². The lowest BCUT2D eigenvalue weighted by molar-refractivity contribution is 0.0976. The van der Waals surface area contributed by atoms with Gasteiger partial charge in [-0.25, -0.2) is 0 Å². The van der Waals surface area contributed by atoms with Crippen molar-refractivity contribution >= 4 is 25.8 Å². The molecule has 2 aromatic carbocycles. The summed E-state index contributed by atoms with van der Waals surface area (Å²) in [5, 5.41) is 2.89. The van der Waals surface area contributed by atoms with Crippen molar-refractivity contribution in [3.8, 4) is 0 Å². The van der Waals surface area contributed by atoms with Crippen molar-refractivity contribution in [3.05, 3.63) is 85.2 Å². The van der Waals surface area contributed by atoms with Crippen molar-refractivity contribution in [1.29, 1.82) is 0 Å². The Bertz CT molecular complexity index is 675. The Hall–Kier alpha value is -1.69. The number of benzene rings is 2. The zero-order valence-electron chi connectivity index (χ0n) is 14.7. The summed E-state index contributed by atoms with van der Waals surface area (Å²) in [4.78, 5) is 0. The summed E-state index contributed by atoms with van der Waals surface area (Å²) < 4.78 is 6.85. The lowest BCUT2D eigenvalue weighted by Gasteiger charge is -2.53. The van der Waals surface area contributed by atoms with Gasteiger partial charge in [0, 0.05) is 0 Å². The average molecular weight is 351 g/mol. The summed E-state index contributed by atoms with van der Waals surface area (Å²) in [7, 11) is -4.48. The zero-order valence-corrected chi connectivity index (χ0v) is 16.7. The SMILES string of the molecule is C=C[Si]1(C=C)OC(C)(C)CC[Si]1(c1ccccc1)c1ccccc1. The number of rotatable bonds is 4. The van der Waals surface area contributed by atoms with Crippen molar-refractivity contribution in [2.75, 3.05) is 0 Å². The van der Waals surface area contributed by atoms with E-state index in [0.29, 0.717) is 0 Å². The first-order valence-corrected chi connectivity index (χ1v) is 13.9. The fourth-order valence-electron chi connectivity index (χ4n) is 4.15. The molecule has 0 aromatic heterocycles. The van der Waals surface area contributed by atoms with Crippen LogP contribution in [0, 0.1) is 0 Å². The van der Waals surface area contributed by atoms with Crippen LogP contribution in [0.1, 0.15) is 20.3 Å². The lowest BCUT2D eigenvalue weighted by Crippen LogP contribution is -2.80. The van der Waals surface area contributed by atoms with Crippen LogP contribution in [0.2, 0.25) is 6.04 Å². The van der Waals surface area contributed by atoms with Gasteiger partial charge in [-0.2, -0.15) is 0 Å². The first-order valence-electron chi connectivity index (χ1n) is 8.58. The molecule has 3 rings (SSSR count). The van der Waals surface area contributed by atoms with Gasteiger partial charge >= 0.3 is 0 Å². The van der Waals surface area contributed by atoms with Crippen molar-refractivity contribution in [1.82, 2.24) is 0 Å². The third-order valence-electron chi connectivity index (χ3n) is 5.35. The van der Waals surface area contributed by atoms with Crippen LogP contribution in [0.25, 0.3) is 0 Å². The van der Waals surface area contributed by atoms with Crippen LogP contribution in [0.5, 0.6) is 0 Å². The van der Waals surface area contributed by atoms with Crippen LogP contribution in [-0.4, -0.2) is 21.0 Å². The monoisotopic (exact) mass is 350 g/mol. The van der Waals surface area contributed by atoms with Crippen molar-refractivity contribution in [2.24, 2.45) is 0 Å². The van der Waals surface area contributed by atoms with Crippen LogP contribution in [0.4, 0.5) is 0 Å². The highest BCUT2D eigenvalue weighted by Gasteiger charge is 2.60. The molecule has 2 aromatic rings. The van der Waals surface area contributed by atoms with Gasteiger partial charge in [-0.3, -0.25) is 0 Å². The van der Waals surface area contributed by atoms with Gasteiger partial charge in [-0.15, -0.1) is 13.2 Å². The number of hydrogen-bond donors (Lipinski definition) is 0. The van der Waals surface area contributed by atoms with E-state index >= 15 is 0 Å². The highest BCUT2D eigenvalue weighted by atomic mass is 29.3. The Morgan fingerprint density at radius 2 is 1.33 bits per heavy atom. The Morgan fingerprint density at radius 1 is 0.875 bits per heavy atom. The molecular weight excluding hydrogens is 324 g/mol. The van der Waals surface area contributed by atoms with Crippen molar-refractivity contribution in [2.45, 2.75) is 31.9 Å². The zero-order chi connectivity index (χ0) is 17.3. The van der Waals surface area contributed by atoms with E-state index in [1.54, 1.807) is 0 Å². The molecule has 124 valence electrons. The van der Waals surface area contributed by atoms with Gasteiger partial charge in [0.1, 0.15) is 0 Å². The molecule has 0 saturated carbocycles. The minimum atomic E-state index is -2.36. The van der Waals surface area contributed by atoms with E-state index in [4.69, 9.17) is 4.43 Å². The second-order valence-corrected chi connectivity index (χ2v) is 18.2. The van der Waals surface area contributed by atoms with Crippen LogP contribution in [-0.2, 0) is 4.43 Å². The molecule has 1 fully saturated rings. The van der Waals surface area contributed by atoms with Gasteiger partial charge in [0.15, 0.2) is 7.59 Å². The predicted molar refractivity (Wildman–Crippen MR) is 109 cm³/mol. The normalized spacial score (nSPS) is 20.9. The molecule has 0 aliphatic carbocycles. The van der Waals surface area contributed by atoms with Crippen LogP contribution < -0.4 is 10.4 Å². The van der Waals surface area contributed by atoms with Gasteiger partial charge in [-0.05, 0) is 26.3 Å². The Balaban J connectivity index is 2.32. The minimum absolute atomic E-state index is 0.116. The second kappa shape index (κ2) is 6.32. The molecule has 0 bridgehead atoms. The average Bonchev–Trinajstić information content (AvgIpc) is 2.62. The molecule has 1 aliphatic rings. The maximum atomic E-state index is 6.85. The molecule has 0 N–H and O–H groups in total. The molecule has 1 nitrogen and oxygen atoms in total. The van der Waals surface area contributed by atoms with Gasteiger partial charge < -0.3 is 4.43 Å². The standard InChI is InChI=1S/C21H26OSi2/c1-5-23(6-2)22-21(3,4)17-18-24(23,19-13-9-7-10-14-19)20-15-11-8-12-16-20/h5-16H,1-2,17-18H2,3-4H3. The van der Waals surface area contributed by atoms with Gasteiger partial charge in [0.25, 0.3) is 0 Å². The van der Waals surface area contributed by atoms with E-state index in [9.17, 15) is 0 Å². The van der Waals surface area contributed by atoms with Gasteiger partial charge in [0.2, 0.25) is 7.83 Å². The lowest BCUT2D eigenvalue weighted by atomic mass is 10.1. The maximum Gasteiger partial charge on any atom is 0.236 e. The molecule has 1 saturated heterocycles. The Kier molecular flexibility index (Phi) is 4.51. The van der Waals surface area contributed by atoms with Crippen LogP contribution in [0.15, 0.2) is 85.2 Å². The predicted octanol–water partition coefficient (Wildman–Crippen LogP) is 3.92. The van der Waals surface area contributed by atoms with E-state index in [1.807, 2.05) is 0 Å². The highest BCUT2D eigenvalue weighted by molar-refractivity contribution is 7.53. The molecule has 1 heterocycles. The summed E-state index contributed by atoms with van der Waals surface area (Å²) in [5.74, 6) is 0. The fourth-order valence-corrected chi connectivity index (χ4v) is 19.8. The van der Waals surface area contributed by atoms with Gasteiger partial charge in [-0.1, -0.05) is 82.4 Å². The second-order valence-electron chi connectivity index (χ2n) is 7.20. The smallest absolute Gasteiger partial charge is 0.236 e. The quantitative estimate of drug-likeness (QED) is 0.759. The summed E-state index contributed by atoms with van der Waals surface area (Å²) in [6, 6.07) is 23.1. The largest absolute Gasteiger partial charge is 0.406 e. The maximum absolute atomic E-state index is 6.85. The van der Waals surface area contributed by atoms with E-state index < -0.39 is 15.4 Å². The summed E-state index contributed by atoms with van der Waals surface area (Å²) in [6.07, 6.45) is 1.07. The molecule has 0 amide bonds. The molecule has 24 heavy (non-hydrogen) atoms. The molecular formula is C21H26OSi2. The summed E-state index contributed by atoms with van der Waals surface area (Å²) in [5.41, 5.74) is 4.15. The molecule has 1 aliphatic heterocycles. The minimum Gasteiger partial charge on any atom is -0.406 e. The Labute approximate surface area is 147 Å². The number of hydrogen-bond acceptors (Lipinski definition) is 1. The van der Waals surface area contributed by atoms with Crippen LogP contribution >= 0.6 is 0 Å². The summed E-state index contributed by atoms with van der Waals surface area (Å²) in [6.45, 7) is 12.9. The molecule has 0 spiro atoms. The fraction of sp³-hybridized carbons (Fsp3) is 0.238. The Morgan fingerprint density at radius 3 is 1.75 bits per heavy atom. The first kappa shape index (κ1) is 17.1. The van der Waals surface area contributed by atoms with E-state index in [2.05, 4.69) is 99.1 Å².